The molecule has 3 N–H and O–H groups in total. The van der Waals surface area contributed by atoms with Crippen LogP contribution in [0.1, 0.15) is 15.2 Å². The molecule has 31 heavy (non-hydrogen) atoms. The van der Waals surface area contributed by atoms with Gasteiger partial charge in [-0.25, -0.2) is 8.42 Å². The van der Waals surface area contributed by atoms with E-state index in [0.717, 1.165) is 14.7 Å². The first kappa shape index (κ1) is 23.0. The maximum Gasteiger partial charge on any atom is 0.252 e. The monoisotopic (exact) mass is 477 g/mol. The van der Waals surface area contributed by atoms with Crippen molar-refractivity contribution in [1.82, 2.24) is 4.31 Å². The number of hydrogen-bond acceptors (Lipinski definition) is 5. The minimum atomic E-state index is -3.89. The van der Waals surface area contributed by atoms with Crippen LogP contribution in [0, 0.1) is 6.92 Å². The molecule has 7 nitrogen and oxygen atoms in total. The van der Waals surface area contributed by atoms with Gasteiger partial charge in [-0.15, -0.1) is 11.3 Å². The van der Waals surface area contributed by atoms with E-state index in [1.807, 2.05) is 37.3 Å². The second-order valence-corrected chi connectivity index (χ2v) is 10.4. The predicted molar refractivity (Wildman–Crippen MR) is 123 cm³/mol. The average Bonchev–Trinajstić information content (AvgIpc) is 3.04. The SMILES string of the molecule is Cc1sc(NC(=O)CN(C)S(=O)(=O)c2ccc(Cl)cc2)c(C(N)=O)c1-c1ccccc1. The molecule has 0 aliphatic carbocycles. The third-order valence-electron chi connectivity index (χ3n) is 4.53. The Balaban J connectivity index is 1.84. The largest absolute Gasteiger partial charge is 0.365 e. The van der Waals surface area contributed by atoms with Crippen LogP contribution >= 0.6 is 22.9 Å². The van der Waals surface area contributed by atoms with Gasteiger partial charge >= 0.3 is 0 Å². The van der Waals surface area contributed by atoms with Gasteiger partial charge in [0.2, 0.25) is 15.9 Å². The lowest BCUT2D eigenvalue weighted by Crippen LogP contribution is -2.35. The van der Waals surface area contributed by atoms with Crippen molar-refractivity contribution in [3.8, 4) is 11.1 Å². The number of anilines is 1. The summed E-state index contributed by atoms with van der Waals surface area (Å²) in [7, 11) is -2.59. The highest BCUT2D eigenvalue weighted by atomic mass is 35.5. The second kappa shape index (κ2) is 9.19. The fourth-order valence-corrected chi connectivity index (χ4v) is 5.41. The van der Waals surface area contributed by atoms with Gasteiger partial charge in [-0.05, 0) is 36.8 Å². The van der Waals surface area contributed by atoms with Crippen LogP contribution in [0.3, 0.4) is 0 Å². The zero-order valence-electron chi connectivity index (χ0n) is 16.8. The molecule has 2 aromatic carbocycles. The van der Waals surface area contributed by atoms with Crippen molar-refractivity contribution >= 4 is 49.8 Å². The molecule has 162 valence electrons. The summed E-state index contributed by atoms with van der Waals surface area (Å²) < 4.78 is 26.3. The highest BCUT2D eigenvalue weighted by Crippen LogP contribution is 2.39. The third kappa shape index (κ3) is 4.96. The Morgan fingerprint density at radius 2 is 1.71 bits per heavy atom. The van der Waals surface area contributed by atoms with Crippen molar-refractivity contribution in [2.45, 2.75) is 11.8 Å². The first-order chi connectivity index (χ1) is 14.6. The Labute approximate surface area is 189 Å². The van der Waals surface area contributed by atoms with Crippen LogP contribution in [0.5, 0.6) is 0 Å². The van der Waals surface area contributed by atoms with Crippen molar-refractivity contribution < 1.29 is 18.0 Å². The number of aryl methyl sites for hydroxylation is 1. The van der Waals surface area contributed by atoms with Crippen molar-refractivity contribution in [2.75, 3.05) is 18.9 Å². The van der Waals surface area contributed by atoms with Gasteiger partial charge in [-0.2, -0.15) is 4.31 Å². The van der Waals surface area contributed by atoms with E-state index in [2.05, 4.69) is 5.32 Å². The minimum Gasteiger partial charge on any atom is -0.365 e. The number of sulfonamides is 1. The standard InChI is InChI=1S/C21H20ClN3O4S2/c1-13-18(14-6-4-3-5-7-14)19(20(23)27)21(30-13)24-17(26)12-25(2)31(28,29)16-10-8-15(22)9-11-16/h3-11H,12H2,1-2H3,(H2,23,27)(H,24,26). The number of nitrogens with two attached hydrogens (primary N) is 1. The van der Waals surface area contributed by atoms with E-state index < -0.39 is 28.4 Å². The molecule has 1 aromatic heterocycles. The predicted octanol–water partition coefficient (Wildman–Crippen LogP) is 3.74. The maximum absolute atomic E-state index is 12.7. The Morgan fingerprint density at radius 3 is 2.29 bits per heavy atom. The van der Waals surface area contributed by atoms with Crippen molar-refractivity contribution in [2.24, 2.45) is 5.73 Å². The van der Waals surface area contributed by atoms with E-state index in [4.69, 9.17) is 17.3 Å². The highest BCUT2D eigenvalue weighted by molar-refractivity contribution is 7.89. The Bertz CT molecular complexity index is 1220. The first-order valence-corrected chi connectivity index (χ1v) is 11.7. The molecule has 0 unspecified atom stereocenters. The summed E-state index contributed by atoms with van der Waals surface area (Å²) >= 11 is 7.02. The van der Waals surface area contributed by atoms with Crippen molar-refractivity contribution in [3.05, 3.63) is 70.1 Å². The molecule has 0 saturated carbocycles. The smallest absolute Gasteiger partial charge is 0.252 e. The second-order valence-electron chi connectivity index (χ2n) is 6.73. The van der Waals surface area contributed by atoms with Crippen LogP contribution < -0.4 is 11.1 Å². The van der Waals surface area contributed by atoms with Gasteiger partial charge in [0.05, 0.1) is 17.0 Å². The molecule has 1 heterocycles. The number of amides is 2. The Morgan fingerprint density at radius 1 is 1.10 bits per heavy atom. The summed E-state index contributed by atoms with van der Waals surface area (Å²) in [6.45, 7) is 1.38. The third-order valence-corrected chi connectivity index (χ3v) is 7.62. The molecular weight excluding hydrogens is 458 g/mol. The van der Waals surface area contributed by atoms with Crippen LogP contribution in [0.25, 0.3) is 11.1 Å². The maximum atomic E-state index is 12.7. The van der Waals surface area contributed by atoms with Crippen LogP contribution in [-0.2, 0) is 14.8 Å². The number of nitrogens with one attached hydrogen (secondary N) is 1. The zero-order chi connectivity index (χ0) is 22.8. The van der Waals surface area contributed by atoms with Gasteiger partial charge in [0.1, 0.15) is 5.00 Å². The number of hydrogen-bond donors (Lipinski definition) is 2. The number of benzene rings is 2. The summed E-state index contributed by atoms with van der Waals surface area (Å²) in [5.41, 5.74) is 7.25. The number of nitrogens with zero attached hydrogens (tertiary/aromatic N) is 1. The Kier molecular flexibility index (Phi) is 6.80. The number of halogens is 1. The summed E-state index contributed by atoms with van der Waals surface area (Å²) in [5.74, 6) is -1.27. The fraction of sp³-hybridized carbons (Fsp3) is 0.143. The molecule has 10 heteroatoms. The summed E-state index contributed by atoms with van der Waals surface area (Å²) in [6.07, 6.45) is 0. The van der Waals surface area contributed by atoms with E-state index in [-0.39, 0.29) is 15.5 Å². The summed E-state index contributed by atoms with van der Waals surface area (Å²) in [6, 6.07) is 14.9. The summed E-state index contributed by atoms with van der Waals surface area (Å²) in [4.78, 5) is 25.6. The van der Waals surface area contributed by atoms with Crippen molar-refractivity contribution in [1.29, 1.82) is 0 Å². The molecule has 0 bridgehead atoms. The van der Waals surface area contributed by atoms with Gasteiger partial charge < -0.3 is 11.1 Å². The average molecular weight is 478 g/mol. The quantitative estimate of drug-likeness (QED) is 0.540. The molecule has 3 aromatic rings. The van der Waals surface area contributed by atoms with E-state index in [9.17, 15) is 18.0 Å². The normalized spacial score (nSPS) is 11.5. The summed E-state index contributed by atoms with van der Waals surface area (Å²) in [5, 5.41) is 3.32. The zero-order valence-corrected chi connectivity index (χ0v) is 19.1. The first-order valence-electron chi connectivity index (χ1n) is 9.11. The van der Waals surface area contributed by atoms with Crippen LogP contribution in [0.4, 0.5) is 5.00 Å². The molecule has 0 radical (unpaired) electrons. The number of thiophene rings is 1. The number of carbonyl (C=O) groups excluding carboxylic acids is 2. The molecular formula is C21H20ClN3O4S2. The van der Waals surface area contributed by atoms with E-state index in [1.54, 1.807) is 0 Å². The van der Waals surface area contributed by atoms with Gasteiger partial charge in [0, 0.05) is 22.5 Å². The molecule has 0 saturated heterocycles. The molecule has 0 aliphatic rings. The Hall–Kier alpha value is -2.72. The van der Waals surface area contributed by atoms with Crippen LogP contribution in [0.15, 0.2) is 59.5 Å². The highest BCUT2D eigenvalue weighted by Gasteiger charge is 2.26. The topological polar surface area (TPSA) is 110 Å². The van der Waals surface area contributed by atoms with Crippen molar-refractivity contribution in [3.63, 3.8) is 0 Å². The number of rotatable bonds is 7. The lowest BCUT2D eigenvalue weighted by atomic mass is 10.0. The van der Waals surface area contributed by atoms with Crippen LogP contribution in [-0.4, -0.2) is 38.1 Å². The molecule has 0 fully saturated rings. The lowest BCUT2D eigenvalue weighted by Gasteiger charge is -2.17. The number of primary amides is 1. The lowest BCUT2D eigenvalue weighted by molar-refractivity contribution is -0.116. The fourth-order valence-electron chi connectivity index (χ4n) is 3.06. The van der Waals surface area contributed by atoms with E-state index >= 15 is 0 Å². The van der Waals surface area contributed by atoms with Gasteiger partial charge in [-0.3, -0.25) is 9.59 Å². The number of likely N-dealkylation sites (N-methyl/N-ethyl adjacent to an activating group) is 1. The molecule has 0 spiro atoms. The van der Waals surface area contributed by atoms with E-state index in [0.29, 0.717) is 10.6 Å². The van der Waals surface area contributed by atoms with Gasteiger partial charge in [0.25, 0.3) is 5.91 Å². The van der Waals surface area contributed by atoms with E-state index in [1.165, 1.54) is 42.6 Å². The molecule has 0 aliphatic heterocycles. The van der Waals surface area contributed by atoms with Crippen LogP contribution in [0.2, 0.25) is 5.02 Å². The van der Waals surface area contributed by atoms with Gasteiger partial charge in [0.15, 0.2) is 0 Å². The molecule has 2 amide bonds. The molecule has 0 atom stereocenters. The van der Waals surface area contributed by atoms with Gasteiger partial charge in [-0.1, -0.05) is 41.9 Å². The minimum absolute atomic E-state index is 0.0170. The number of carbonyl (C=O) groups is 2. The molecule has 3 rings (SSSR count).